The maximum Gasteiger partial charge on any atom is 0.206 e. The molecular weight excluding hydrogens is 728 g/mol. The fraction of sp³-hybridized carbons (Fsp3) is 0. The average molecular weight is 767 g/mol. The summed E-state index contributed by atoms with van der Waals surface area (Å²) in [6.45, 7) is 0. The molecule has 0 aliphatic rings. The van der Waals surface area contributed by atoms with Gasteiger partial charge in [0.15, 0.2) is 0 Å². The van der Waals surface area contributed by atoms with Crippen LogP contribution in [0.15, 0.2) is 237 Å². The van der Waals surface area contributed by atoms with Gasteiger partial charge in [0.05, 0.1) is 11.4 Å². The van der Waals surface area contributed by atoms with Crippen molar-refractivity contribution in [3.05, 3.63) is 237 Å². The van der Waals surface area contributed by atoms with Crippen LogP contribution in [-0.4, -0.2) is 9.97 Å². The smallest absolute Gasteiger partial charge is 0.206 e. The predicted molar refractivity (Wildman–Crippen MR) is 242 cm³/mol. The second-order valence-corrected chi connectivity index (χ2v) is 16.5. The van der Waals surface area contributed by atoms with Crippen molar-refractivity contribution in [1.29, 1.82) is 0 Å². The van der Waals surface area contributed by atoms with Gasteiger partial charge in [-0.25, -0.2) is 9.97 Å². The first-order valence-corrected chi connectivity index (χ1v) is 21.0. The van der Waals surface area contributed by atoms with E-state index in [9.17, 15) is 0 Å². The summed E-state index contributed by atoms with van der Waals surface area (Å²) in [5, 5.41) is 0.672. The number of anilines is 6. The number of pyridine rings is 2. The van der Waals surface area contributed by atoms with E-state index in [0.29, 0.717) is 16.2 Å². The normalized spacial score (nSPS) is 11.2. The second kappa shape index (κ2) is 16.4. The van der Waals surface area contributed by atoms with Gasteiger partial charge in [0.1, 0.15) is 10.9 Å². The van der Waals surface area contributed by atoms with Crippen molar-refractivity contribution in [2.24, 2.45) is 0 Å². The molecule has 278 valence electrons. The summed E-state index contributed by atoms with van der Waals surface area (Å²) in [6.07, 6.45) is 0. The molecule has 6 heteroatoms. The summed E-state index contributed by atoms with van der Waals surface area (Å²) in [5.74, 6) is 0. The van der Waals surface area contributed by atoms with E-state index < -0.39 is 7.14 Å². The summed E-state index contributed by atoms with van der Waals surface area (Å²) >= 11 is 0. The zero-order chi connectivity index (χ0) is 39.2. The molecule has 58 heavy (non-hydrogen) atoms. The molecule has 0 aliphatic carbocycles. The summed E-state index contributed by atoms with van der Waals surface area (Å²) in [7, 11) is -3.57. The Balaban J connectivity index is 1.12. The van der Waals surface area contributed by atoms with Crippen molar-refractivity contribution in [1.82, 2.24) is 9.97 Å². The monoisotopic (exact) mass is 766 g/mol. The first-order chi connectivity index (χ1) is 28.6. The quantitative estimate of drug-likeness (QED) is 0.123. The van der Waals surface area contributed by atoms with Crippen molar-refractivity contribution < 1.29 is 4.57 Å². The van der Waals surface area contributed by atoms with Gasteiger partial charge >= 0.3 is 0 Å². The largest absolute Gasteiger partial charge is 0.310 e. The standard InChI is InChI=1S/C52H39N4OP/c57-58(48-32-14-5-15-33-48,51-36-18-34-49(53-51)40-20-16-30-46(38-40)55(42-22-6-1-7-23-42)43-24-8-2-9-25-43)52-37-19-35-50(54-52)41-21-17-31-47(39-41)56(44-26-10-3-11-27-44)45-28-12-4-13-29-45/h1-39H. The summed E-state index contributed by atoms with van der Waals surface area (Å²) in [6, 6.07) is 79.2. The van der Waals surface area contributed by atoms with Gasteiger partial charge in [-0.05, 0) is 97.1 Å². The number of rotatable bonds is 11. The van der Waals surface area contributed by atoms with E-state index in [-0.39, 0.29) is 0 Å². The van der Waals surface area contributed by atoms with Crippen molar-refractivity contribution in [3.8, 4) is 22.5 Å². The van der Waals surface area contributed by atoms with E-state index in [1.165, 1.54) is 0 Å². The van der Waals surface area contributed by atoms with Crippen molar-refractivity contribution in [2.75, 3.05) is 9.80 Å². The van der Waals surface area contributed by atoms with Gasteiger partial charge in [-0.2, -0.15) is 0 Å². The van der Waals surface area contributed by atoms with Crippen LogP contribution in [0.1, 0.15) is 0 Å². The molecule has 9 aromatic rings. The molecule has 0 saturated heterocycles. The zero-order valence-electron chi connectivity index (χ0n) is 31.7. The van der Waals surface area contributed by atoms with E-state index in [4.69, 9.17) is 9.97 Å². The Morgan fingerprint density at radius 2 is 0.621 bits per heavy atom. The van der Waals surface area contributed by atoms with Crippen molar-refractivity contribution in [2.45, 2.75) is 0 Å². The predicted octanol–water partition coefficient (Wildman–Crippen LogP) is 12.4. The van der Waals surface area contributed by atoms with Crippen molar-refractivity contribution >= 4 is 57.4 Å². The van der Waals surface area contributed by atoms with Crippen LogP contribution in [0, 0.1) is 0 Å². The molecule has 2 aromatic heterocycles. The zero-order valence-corrected chi connectivity index (χ0v) is 32.6. The molecule has 0 aliphatic heterocycles. The first kappa shape index (κ1) is 36.3. The maximum atomic E-state index is 15.9. The molecule has 0 atom stereocenters. The van der Waals surface area contributed by atoms with Crippen LogP contribution in [-0.2, 0) is 4.57 Å². The summed E-state index contributed by atoms with van der Waals surface area (Å²) in [4.78, 5) is 14.8. The number of aromatic nitrogens is 2. The molecule has 0 N–H and O–H groups in total. The van der Waals surface area contributed by atoms with Crippen LogP contribution in [0.25, 0.3) is 22.5 Å². The lowest BCUT2D eigenvalue weighted by molar-refractivity contribution is 0.591. The molecule has 0 spiro atoms. The van der Waals surface area contributed by atoms with Crippen LogP contribution in [0.5, 0.6) is 0 Å². The number of hydrogen-bond acceptors (Lipinski definition) is 5. The molecule has 0 radical (unpaired) electrons. The fourth-order valence-corrected chi connectivity index (χ4v) is 9.79. The molecule has 5 nitrogen and oxygen atoms in total. The Hall–Kier alpha value is -7.33. The van der Waals surface area contributed by atoms with E-state index >= 15 is 4.57 Å². The van der Waals surface area contributed by atoms with Crippen LogP contribution < -0.4 is 26.0 Å². The third kappa shape index (κ3) is 7.35. The molecule has 7 aromatic carbocycles. The second-order valence-electron chi connectivity index (χ2n) is 13.8. The third-order valence-corrected chi connectivity index (χ3v) is 12.9. The summed E-state index contributed by atoms with van der Waals surface area (Å²) < 4.78 is 15.9. The van der Waals surface area contributed by atoms with Crippen LogP contribution in [0.3, 0.4) is 0 Å². The van der Waals surface area contributed by atoms with Gasteiger partial charge in [0.25, 0.3) is 0 Å². The van der Waals surface area contributed by atoms with Crippen LogP contribution in [0.2, 0.25) is 0 Å². The van der Waals surface area contributed by atoms with Gasteiger partial charge in [-0.1, -0.05) is 140 Å². The number of benzene rings is 7. The molecule has 0 unspecified atom stereocenters. The van der Waals surface area contributed by atoms with E-state index in [2.05, 4.69) is 94.7 Å². The van der Waals surface area contributed by atoms with E-state index in [0.717, 1.165) is 56.6 Å². The third-order valence-electron chi connectivity index (χ3n) is 10.1. The van der Waals surface area contributed by atoms with Gasteiger partial charge in [0, 0.05) is 50.6 Å². The lowest BCUT2D eigenvalue weighted by atomic mass is 10.1. The molecular formula is C52H39N4OP. The molecule has 0 amide bonds. The van der Waals surface area contributed by atoms with E-state index in [1.54, 1.807) is 0 Å². The minimum absolute atomic E-state index is 0.474. The Bertz CT molecular complexity index is 2570. The highest BCUT2D eigenvalue weighted by Gasteiger charge is 2.33. The molecule has 0 bridgehead atoms. The highest BCUT2D eigenvalue weighted by atomic mass is 31.2. The lowest BCUT2D eigenvalue weighted by Crippen LogP contribution is -2.29. The number of nitrogens with zero attached hydrogens (tertiary/aromatic N) is 4. The molecule has 0 fully saturated rings. The first-order valence-electron chi connectivity index (χ1n) is 19.3. The molecule has 0 saturated carbocycles. The van der Waals surface area contributed by atoms with Gasteiger partial charge < -0.3 is 14.4 Å². The average Bonchev–Trinajstić information content (AvgIpc) is 3.31. The number of para-hydroxylation sites is 4. The molecule has 2 heterocycles. The maximum absolute atomic E-state index is 15.9. The minimum atomic E-state index is -3.57. The highest BCUT2D eigenvalue weighted by molar-refractivity contribution is 7.84. The van der Waals surface area contributed by atoms with Gasteiger partial charge in [-0.15, -0.1) is 0 Å². The lowest BCUT2D eigenvalue weighted by Gasteiger charge is -2.26. The Morgan fingerprint density at radius 3 is 0.983 bits per heavy atom. The number of hydrogen-bond donors (Lipinski definition) is 0. The summed E-state index contributed by atoms with van der Waals surface area (Å²) in [5.41, 5.74) is 10.4. The van der Waals surface area contributed by atoms with Crippen LogP contribution in [0.4, 0.5) is 34.1 Å². The Kier molecular flexibility index (Phi) is 10.3. The van der Waals surface area contributed by atoms with Gasteiger partial charge in [0.2, 0.25) is 7.14 Å². The Labute approximate surface area is 339 Å². The topological polar surface area (TPSA) is 49.3 Å². The van der Waals surface area contributed by atoms with Gasteiger partial charge in [-0.3, -0.25) is 0 Å². The Morgan fingerprint density at radius 1 is 0.310 bits per heavy atom. The minimum Gasteiger partial charge on any atom is -0.310 e. The SMILES string of the molecule is O=P(c1ccccc1)(c1cccc(-c2cccc(N(c3ccccc3)c3ccccc3)c2)n1)c1cccc(-c2cccc(N(c3ccccc3)c3ccccc3)c2)n1. The van der Waals surface area contributed by atoms with Crippen LogP contribution >= 0.6 is 7.14 Å². The fourth-order valence-electron chi connectivity index (χ4n) is 7.35. The highest BCUT2D eigenvalue weighted by Crippen LogP contribution is 2.43. The van der Waals surface area contributed by atoms with E-state index in [1.807, 2.05) is 152 Å². The van der Waals surface area contributed by atoms with Crippen molar-refractivity contribution in [3.63, 3.8) is 0 Å². The molecule has 9 rings (SSSR count).